The summed E-state index contributed by atoms with van der Waals surface area (Å²) in [7, 11) is 0. The molecule has 0 unspecified atom stereocenters. The third kappa shape index (κ3) is 2.36. The number of hydrazone groups is 1. The van der Waals surface area contributed by atoms with Gasteiger partial charge in [-0.1, -0.05) is 0 Å². The van der Waals surface area contributed by atoms with Gasteiger partial charge in [0.05, 0.1) is 11.4 Å². The molecule has 1 aromatic heterocycles. The Labute approximate surface area is 110 Å². The van der Waals surface area contributed by atoms with Crippen molar-refractivity contribution in [3.8, 4) is 0 Å². The standard InChI is InChI=1S/C12H8F5N3/c1-5(6-3-2-4-18-6)19-20-12-10(16)8(14)7(13)9(15)11(12)17/h2-4,18,20H,1H3/b19-5+. The number of aromatic nitrogens is 1. The predicted octanol–water partition coefficient (Wildman–Crippen LogP) is 3.55. The average molecular weight is 289 g/mol. The lowest BCUT2D eigenvalue weighted by molar-refractivity contribution is 0.381. The summed E-state index contributed by atoms with van der Waals surface area (Å²) >= 11 is 0. The average Bonchev–Trinajstić information content (AvgIpc) is 2.97. The first-order chi connectivity index (χ1) is 9.43. The Balaban J connectivity index is 2.38. The first-order valence-corrected chi connectivity index (χ1v) is 5.39. The SMILES string of the molecule is C/C(=N\Nc1c(F)c(F)c(F)c(F)c1F)c1ccc[nH]1. The van der Waals surface area contributed by atoms with Crippen LogP contribution >= 0.6 is 0 Å². The Kier molecular flexibility index (Phi) is 3.73. The molecule has 0 saturated heterocycles. The van der Waals surface area contributed by atoms with Crippen molar-refractivity contribution < 1.29 is 22.0 Å². The fraction of sp³-hybridized carbons (Fsp3) is 0.0833. The fourth-order valence-corrected chi connectivity index (χ4v) is 1.46. The van der Waals surface area contributed by atoms with E-state index in [1.165, 1.54) is 6.92 Å². The van der Waals surface area contributed by atoms with Gasteiger partial charge in [0.15, 0.2) is 23.3 Å². The summed E-state index contributed by atoms with van der Waals surface area (Å²) in [5.41, 5.74) is 1.45. The highest BCUT2D eigenvalue weighted by Crippen LogP contribution is 2.27. The molecule has 2 rings (SSSR count). The van der Waals surface area contributed by atoms with Gasteiger partial charge in [0.2, 0.25) is 5.82 Å². The van der Waals surface area contributed by atoms with Crippen molar-refractivity contribution >= 4 is 11.4 Å². The van der Waals surface area contributed by atoms with E-state index in [0.717, 1.165) is 0 Å². The summed E-state index contributed by atoms with van der Waals surface area (Å²) in [6, 6.07) is 3.28. The second-order valence-corrected chi connectivity index (χ2v) is 3.84. The zero-order valence-corrected chi connectivity index (χ0v) is 10.1. The molecule has 1 heterocycles. The minimum Gasteiger partial charge on any atom is -0.360 e. The summed E-state index contributed by atoms with van der Waals surface area (Å²) < 4.78 is 65.4. The molecule has 1 aromatic carbocycles. The molecule has 0 atom stereocenters. The van der Waals surface area contributed by atoms with E-state index in [4.69, 9.17) is 0 Å². The molecule has 0 amide bonds. The van der Waals surface area contributed by atoms with E-state index < -0.39 is 34.8 Å². The molecule has 0 radical (unpaired) electrons. The summed E-state index contributed by atoms with van der Waals surface area (Å²) in [5, 5.41) is 3.57. The van der Waals surface area contributed by atoms with Crippen LogP contribution in [0.25, 0.3) is 0 Å². The van der Waals surface area contributed by atoms with Gasteiger partial charge < -0.3 is 4.98 Å². The van der Waals surface area contributed by atoms with Gasteiger partial charge in [0.25, 0.3) is 0 Å². The van der Waals surface area contributed by atoms with Crippen molar-refractivity contribution in [1.82, 2.24) is 4.98 Å². The van der Waals surface area contributed by atoms with Gasteiger partial charge in [-0.2, -0.15) is 5.10 Å². The van der Waals surface area contributed by atoms with Crippen molar-refractivity contribution in [2.45, 2.75) is 6.92 Å². The molecule has 0 spiro atoms. The molecule has 8 heteroatoms. The van der Waals surface area contributed by atoms with Gasteiger partial charge in [-0.25, -0.2) is 22.0 Å². The van der Waals surface area contributed by atoms with Crippen molar-refractivity contribution in [3.05, 3.63) is 53.1 Å². The maximum Gasteiger partial charge on any atom is 0.200 e. The number of aromatic amines is 1. The summed E-state index contributed by atoms with van der Waals surface area (Å²) in [4.78, 5) is 2.77. The van der Waals surface area contributed by atoms with Crippen LogP contribution in [-0.4, -0.2) is 10.7 Å². The number of hydrogen-bond donors (Lipinski definition) is 2. The Morgan fingerprint density at radius 3 is 2.05 bits per heavy atom. The monoisotopic (exact) mass is 289 g/mol. The topological polar surface area (TPSA) is 40.2 Å². The van der Waals surface area contributed by atoms with Gasteiger partial charge in [0, 0.05) is 6.20 Å². The van der Waals surface area contributed by atoms with Crippen LogP contribution in [0.4, 0.5) is 27.6 Å². The number of nitrogens with one attached hydrogen (secondary N) is 2. The van der Waals surface area contributed by atoms with E-state index in [1.807, 2.05) is 5.43 Å². The maximum atomic E-state index is 13.3. The minimum atomic E-state index is -2.21. The van der Waals surface area contributed by atoms with E-state index in [-0.39, 0.29) is 5.71 Å². The van der Waals surface area contributed by atoms with Crippen LogP contribution in [-0.2, 0) is 0 Å². The van der Waals surface area contributed by atoms with Crippen molar-refractivity contribution in [2.75, 3.05) is 5.43 Å². The normalized spacial score (nSPS) is 11.8. The van der Waals surface area contributed by atoms with E-state index in [9.17, 15) is 22.0 Å². The number of anilines is 1. The van der Waals surface area contributed by atoms with Gasteiger partial charge in [-0.15, -0.1) is 0 Å². The molecule has 0 aliphatic rings. The van der Waals surface area contributed by atoms with E-state index in [1.54, 1.807) is 18.3 Å². The number of benzene rings is 1. The van der Waals surface area contributed by atoms with Crippen LogP contribution in [0.1, 0.15) is 12.6 Å². The maximum absolute atomic E-state index is 13.3. The Morgan fingerprint density at radius 1 is 1.00 bits per heavy atom. The first kappa shape index (κ1) is 14.0. The van der Waals surface area contributed by atoms with Crippen LogP contribution in [0, 0.1) is 29.1 Å². The molecular weight excluding hydrogens is 281 g/mol. The molecule has 0 saturated carbocycles. The van der Waals surface area contributed by atoms with Gasteiger partial charge >= 0.3 is 0 Å². The fourth-order valence-electron chi connectivity index (χ4n) is 1.46. The smallest absolute Gasteiger partial charge is 0.200 e. The van der Waals surface area contributed by atoms with Crippen LogP contribution in [0.5, 0.6) is 0 Å². The first-order valence-electron chi connectivity index (χ1n) is 5.39. The van der Waals surface area contributed by atoms with E-state index >= 15 is 0 Å². The molecule has 2 aromatic rings. The molecule has 106 valence electrons. The van der Waals surface area contributed by atoms with E-state index in [0.29, 0.717) is 5.69 Å². The molecule has 0 fully saturated rings. The van der Waals surface area contributed by atoms with Crippen molar-refractivity contribution in [3.63, 3.8) is 0 Å². The van der Waals surface area contributed by atoms with E-state index in [2.05, 4.69) is 10.1 Å². The largest absolute Gasteiger partial charge is 0.360 e. The lowest BCUT2D eigenvalue weighted by Crippen LogP contribution is -2.08. The molecular formula is C12H8F5N3. The number of halogens is 5. The number of hydrogen-bond acceptors (Lipinski definition) is 2. The molecule has 2 N–H and O–H groups in total. The zero-order chi connectivity index (χ0) is 14.9. The molecule has 3 nitrogen and oxygen atoms in total. The van der Waals surface area contributed by atoms with Crippen molar-refractivity contribution in [1.29, 1.82) is 0 Å². The lowest BCUT2D eigenvalue weighted by atomic mass is 10.2. The third-order valence-corrected chi connectivity index (χ3v) is 2.53. The molecule has 0 aliphatic heterocycles. The highest BCUT2D eigenvalue weighted by atomic mass is 19.2. The predicted molar refractivity (Wildman–Crippen MR) is 62.9 cm³/mol. The van der Waals surface area contributed by atoms with Crippen LogP contribution < -0.4 is 5.43 Å². The quantitative estimate of drug-likeness (QED) is 0.293. The summed E-state index contributed by atoms with van der Waals surface area (Å²) in [5.74, 6) is -10.2. The third-order valence-electron chi connectivity index (χ3n) is 2.53. The highest BCUT2D eigenvalue weighted by Gasteiger charge is 2.25. The lowest BCUT2D eigenvalue weighted by Gasteiger charge is -2.07. The molecule has 0 bridgehead atoms. The van der Waals surface area contributed by atoms with Crippen LogP contribution in [0.2, 0.25) is 0 Å². The van der Waals surface area contributed by atoms with Gasteiger partial charge in [-0.3, -0.25) is 5.43 Å². The van der Waals surface area contributed by atoms with Crippen LogP contribution in [0.15, 0.2) is 23.4 Å². The summed E-state index contributed by atoms with van der Waals surface area (Å²) in [6.07, 6.45) is 1.59. The van der Waals surface area contributed by atoms with Crippen molar-refractivity contribution in [2.24, 2.45) is 5.10 Å². The Bertz CT molecular complexity index is 635. The molecule has 0 aliphatic carbocycles. The second kappa shape index (κ2) is 5.32. The zero-order valence-electron chi connectivity index (χ0n) is 10.1. The number of H-pyrrole nitrogens is 1. The second-order valence-electron chi connectivity index (χ2n) is 3.84. The molecule has 20 heavy (non-hydrogen) atoms. The van der Waals surface area contributed by atoms with Crippen LogP contribution in [0.3, 0.4) is 0 Å². The van der Waals surface area contributed by atoms with Gasteiger partial charge in [-0.05, 0) is 19.1 Å². The minimum absolute atomic E-state index is 0.277. The Hall–Kier alpha value is -2.38. The number of nitrogens with zero attached hydrogens (tertiary/aromatic N) is 1. The van der Waals surface area contributed by atoms with Gasteiger partial charge in [0.1, 0.15) is 5.69 Å². The Morgan fingerprint density at radius 2 is 1.55 bits per heavy atom. The highest BCUT2D eigenvalue weighted by molar-refractivity contribution is 5.97. The number of rotatable bonds is 3. The summed E-state index contributed by atoms with van der Waals surface area (Å²) in [6.45, 7) is 1.49.